The lowest BCUT2D eigenvalue weighted by Gasteiger charge is -2.12. The number of carbonyl (C=O) groups is 1. The summed E-state index contributed by atoms with van der Waals surface area (Å²) >= 11 is 0. The van der Waals surface area contributed by atoms with Crippen molar-refractivity contribution in [3.63, 3.8) is 0 Å². The third-order valence-electron chi connectivity index (χ3n) is 6.93. The first-order valence-corrected chi connectivity index (χ1v) is 13.1. The van der Waals surface area contributed by atoms with Gasteiger partial charge in [-0.1, -0.05) is 30.3 Å². The van der Waals surface area contributed by atoms with E-state index in [9.17, 15) is 14.9 Å². The molecule has 0 radical (unpaired) electrons. The summed E-state index contributed by atoms with van der Waals surface area (Å²) in [6.07, 6.45) is 5.54. The van der Waals surface area contributed by atoms with Crippen LogP contribution in [-0.2, 0) is 4.74 Å². The van der Waals surface area contributed by atoms with Gasteiger partial charge in [0, 0.05) is 23.9 Å². The standard InChI is InChI=1S/C30H25N5O6/c31-28-27-24(19-10-12-22(13-11-19)39-20-6-2-1-3-7-20)17-34(29(27)33-18-32-28)26-16-23(14-15-25(26)35(37)38)41-30(36)40-21-8-4-5-9-21/h1-3,6-7,10-18,21H,4-5,8-9H2,(H2,31,32,33). The van der Waals surface area contributed by atoms with Crippen LogP contribution >= 0.6 is 0 Å². The fraction of sp³-hybridized carbons (Fsp3) is 0.167. The number of anilines is 1. The molecule has 1 saturated carbocycles. The molecule has 2 aromatic heterocycles. The smallest absolute Gasteiger partial charge is 0.457 e. The van der Waals surface area contributed by atoms with Crippen LogP contribution in [0.15, 0.2) is 85.3 Å². The summed E-state index contributed by atoms with van der Waals surface area (Å²) in [5.74, 6) is 1.65. The van der Waals surface area contributed by atoms with Crippen LogP contribution in [0.5, 0.6) is 17.2 Å². The first kappa shape index (κ1) is 25.8. The van der Waals surface area contributed by atoms with Gasteiger partial charge in [0.05, 0.1) is 10.3 Å². The number of fused-ring (bicyclic) bond motifs is 1. The Kier molecular flexibility index (Phi) is 6.90. The Balaban J connectivity index is 1.38. The second-order valence-electron chi connectivity index (χ2n) is 9.59. The molecule has 5 aromatic rings. The van der Waals surface area contributed by atoms with Crippen molar-refractivity contribution >= 4 is 28.7 Å². The predicted octanol–water partition coefficient (Wildman–Crippen LogP) is 6.83. The third kappa shape index (κ3) is 5.37. The van der Waals surface area contributed by atoms with Crippen LogP contribution in [0.4, 0.5) is 16.3 Å². The minimum absolute atomic E-state index is 0.0986. The van der Waals surface area contributed by atoms with E-state index in [1.807, 2.05) is 54.6 Å². The predicted molar refractivity (Wildman–Crippen MR) is 151 cm³/mol. The van der Waals surface area contributed by atoms with Crippen molar-refractivity contribution in [2.75, 3.05) is 5.73 Å². The van der Waals surface area contributed by atoms with E-state index >= 15 is 0 Å². The maximum Gasteiger partial charge on any atom is 0.514 e. The van der Waals surface area contributed by atoms with Gasteiger partial charge in [-0.15, -0.1) is 0 Å². The summed E-state index contributed by atoms with van der Waals surface area (Å²) < 4.78 is 18.2. The first-order valence-electron chi connectivity index (χ1n) is 13.1. The maximum atomic E-state index is 12.4. The Morgan fingerprint density at radius 3 is 2.39 bits per heavy atom. The van der Waals surface area contributed by atoms with Crippen LogP contribution in [0.2, 0.25) is 0 Å². The average Bonchev–Trinajstić information content (AvgIpc) is 3.62. The van der Waals surface area contributed by atoms with E-state index in [1.165, 1.54) is 24.5 Å². The number of benzene rings is 3. The number of nitrogens with two attached hydrogens (primary N) is 1. The Morgan fingerprint density at radius 2 is 1.66 bits per heavy atom. The average molecular weight is 552 g/mol. The molecule has 0 unspecified atom stereocenters. The topological polar surface area (TPSA) is 145 Å². The number of nitrogen functional groups attached to an aromatic ring is 1. The Morgan fingerprint density at radius 1 is 0.951 bits per heavy atom. The zero-order chi connectivity index (χ0) is 28.3. The van der Waals surface area contributed by atoms with E-state index in [1.54, 1.807) is 10.8 Å². The molecular formula is C30H25N5O6. The van der Waals surface area contributed by atoms with Gasteiger partial charge in [-0.2, -0.15) is 0 Å². The number of carbonyl (C=O) groups excluding carboxylic acids is 1. The highest BCUT2D eigenvalue weighted by Crippen LogP contribution is 2.38. The van der Waals surface area contributed by atoms with E-state index in [-0.39, 0.29) is 29.0 Å². The second-order valence-corrected chi connectivity index (χ2v) is 9.59. The maximum absolute atomic E-state index is 12.4. The highest BCUT2D eigenvalue weighted by Gasteiger charge is 2.24. The van der Waals surface area contributed by atoms with Crippen LogP contribution in [0, 0.1) is 10.1 Å². The zero-order valence-corrected chi connectivity index (χ0v) is 21.8. The van der Waals surface area contributed by atoms with Crippen molar-refractivity contribution in [1.82, 2.24) is 14.5 Å². The lowest BCUT2D eigenvalue weighted by atomic mass is 10.1. The van der Waals surface area contributed by atoms with Crippen LogP contribution in [-0.4, -0.2) is 31.7 Å². The zero-order valence-electron chi connectivity index (χ0n) is 21.8. The molecule has 206 valence electrons. The van der Waals surface area contributed by atoms with E-state index in [0.717, 1.165) is 31.2 Å². The van der Waals surface area contributed by atoms with Gasteiger partial charge in [-0.25, -0.2) is 14.8 Å². The number of nitrogens with zero attached hydrogens (tertiary/aromatic N) is 4. The van der Waals surface area contributed by atoms with Gasteiger partial charge in [0.25, 0.3) is 5.69 Å². The molecule has 1 aliphatic rings. The van der Waals surface area contributed by atoms with Crippen molar-refractivity contribution in [3.05, 3.63) is 95.4 Å². The molecule has 2 N–H and O–H groups in total. The molecule has 0 atom stereocenters. The van der Waals surface area contributed by atoms with Crippen molar-refractivity contribution in [2.45, 2.75) is 31.8 Å². The molecule has 41 heavy (non-hydrogen) atoms. The fourth-order valence-electron chi connectivity index (χ4n) is 4.99. The van der Waals surface area contributed by atoms with E-state index in [4.69, 9.17) is 19.9 Å². The lowest BCUT2D eigenvalue weighted by Crippen LogP contribution is -2.18. The van der Waals surface area contributed by atoms with Crippen LogP contribution in [0.1, 0.15) is 25.7 Å². The third-order valence-corrected chi connectivity index (χ3v) is 6.93. The quantitative estimate of drug-likeness (QED) is 0.0995. The number of aromatic nitrogens is 3. The molecule has 11 heteroatoms. The summed E-state index contributed by atoms with van der Waals surface area (Å²) in [7, 11) is 0. The minimum Gasteiger partial charge on any atom is -0.457 e. The van der Waals surface area contributed by atoms with Crippen molar-refractivity contribution in [1.29, 1.82) is 0 Å². The Labute approximate surface area is 234 Å². The molecule has 0 bridgehead atoms. The number of hydrogen-bond acceptors (Lipinski definition) is 9. The SMILES string of the molecule is Nc1ncnc2c1c(-c1ccc(Oc3ccccc3)cc1)cn2-c1cc(OC(=O)OC2CCCC2)ccc1[N+](=O)[O-]. The van der Waals surface area contributed by atoms with Crippen LogP contribution in [0.3, 0.4) is 0 Å². The molecule has 0 saturated heterocycles. The molecule has 0 amide bonds. The van der Waals surface area contributed by atoms with Gasteiger partial charge >= 0.3 is 6.16 Å². The van der Waals surface area contributed by atoms with Crippen molar-refractivity contribution < 1.29 is 23.9 Å². The number of nitro groups is 1. The van der Waals surface area contributed by atoms with E-state index in [2.05, 4.69) is 9.97 Å². The summed E-state index contributed by atoms with van der Waals surface area (Å²) in [5, 5.41) is 12.5. The number of para-hydroxylation sites is 1. The van der Waals surface area contributed by atoms with Gasteiger partial charge in [-0.3, -0.25) is 14.7 Å². The van der Waals surface area contributed by atoms with Gasteiger partial charge < -0.3 is 19.9 Å². The molecule has 1 aliphatic carbocycles. The largest absolute Gasteiger partial charge is 0.514 e. The molecule has 2 heterocycles. The van der Waals surface area contributed by atoms with E-state index in [0.29, 0.717) is 28.1 Å². The summed E-state index contributed by atoms with van der Waals surface area (Å²) in [6.45, 7) is 0. The summed E-state index contributed by atoms with van der Waals surface area (Å²) in [5.41, 5.74) is 7.98. The second kappa shape index (κ2) is 11.0. The fourth-order valence-corrected chi connectivity index (χ4v) is 4.99. The Hall–Kier alpha value is -5.45. The van der Waals surface area contributed by atoms with Crippen molar-refractivity contribution in [3.8, 4) is 34.1 Å². The van der Waals surface area contributed by atoms with Crippen LogP contribution < -0.4 is 15.2 Å². The van der Waals surface area contributed by atoms with E-state index < -0.39 is 11.1 Å². The molecule has 6 rings (SSSR count). The molecule has 11 nitrogen and oxygen atoms in total. The van der Waals surface area contributed by atoms with Crippen LogP contribution in [0.25, 0.3) is 27.8 Å². The lowest BCUT2D eigenvalue weighted by molar-refractivity contribution is -0.384. The van der Waals surface area contributed by atoms with Gasteiger partial charge in [0.15, 0.2) is 5.65 Å². The highest BCUT2D eigenvalue weighted by molar-refractivity contribution is 6.01. The highest BCUT2D eigenvalue weighted by atomic mass is 16.7. The number of nitro benzene ring substituents is 1. The molecule has 3 aromatic carbocycles. The number of ether oxygens (including phenoxy) is 3. The van der Waals surface area contributed by atoms with Gasteiger partial charge in [-0.05, 0) is 61.6 Å². The summed E-state index contributed by atoms with van der Waals surface area (Å²) in [4.78, 5) is 32.4. The molecule has 0 spiro atoms. The first-order chi connectivity index (χ1) is 20.0. The molecule has 0 aliphatic heterocycles. The molecule has 1 fully saturated rings. The minimum atomic E-state index is -0.848. The number of rotatable bonds is 7. The van der Waals surface area contributed by atoms with Gasteiger partial charge in [0.2, 0.25) is 0 Å². The Bertz CT molecular complexity index is 1730. The normalized spacial score (nSPS) is 13.3. The summed E-state index contributed by atoms with van der Waals surface area (Å²) in [6, 6.07) is 20.8. The molecular weight excluding hydrogens is 526 g/mol. The van der Waals surface area contributed by atoms with Crippen molar-refractivity contribution in [2.24, 2.45) is 0 Å². The number of hydrogen-bond donors (Lipinski definition) is 1. The monoisotopic (exact) mass is 551 g/mol. The van der Waals surface area contributed by atoms with Gasteiger partial charge in [0.1, 0.15) is 41.2 Å².